The minimum Gasteiger partial charge on any atom is -0.490 e. The van der Waals surface area contributed by atoms with E-state index >= 15 is 0 Å². The van der Waals surface area contributed by atoms with Gasteiger partial charge in [0.2, 0.25) is 5.88 Å². The Bertz CT molecular complexity index is 689. The van der Waals surface area contributed by atoms with Gasteiger partial charge in [0.25, 0.3) is 5.56 Å². The lowest BCUT2D eigenvalue weighted by molar-refractivity contribution is 0.281. The highest BCUT2D eigenvalue weighted by atomic mass is 16.5. The third-order valence-corrected chi connectivity index (χ3v) is 2.62. The topological polar surface area (TPSA) is 77.1 Å². The standard InChI is InChI=1S/C14H13N3O3/c1-19-13-6-7-14(18)17(16-13)8-9-20-12-5-3-2-4-11(12)10-15/h2-7H,8-9H2,1H3. The molecule has 0 unspecified atom stereocenters. The predicted molar refractivity (Wildman–Crippen MR) is 71.7 cm³/mol. The van der Waals surface area contributed by atoms with Crippen molar-refractivity contribution in [2.24, 2.45) is 0 Å². The molecule has 2 aromatic rings. The minimum absolute atomic E-state index is 0.233. The van der Waals surface area contributed by atoms with Gasteiger partial charge in [0.15, 0.2) is 0 Å². The fourth-order valence-corrected chi connectivity index (χ4v) is 1.63. The summed E-state index contributed by atoms with van der Waals surface area (Å²) in [7, 11) is 1.48. The van der Waals surface area contributed by atoms with Crippen molar-refractivity contribution in [3.63, 3.8) is 0 Å². The molecule has 0 saturated heterocycles. The monoisotopic (exact) mass is 271 g/mol. The van der Waals surface area contributed by atoms with Gasteiger partial charge in [-0.05, 0) is 12.1 Å². The Morgan fingerprint density at radius 2 is 2.10 bits per heavy atom. The third-order valence-electron chi connectivity index (χ3n) is 2.62. The Kier molecular flexibility index (Phi) is 4.35. The molecule has 1 aromatic heterocycles. The Balaban J connectivity index is 2.03. The van der Waals surface area contributed by atoms with Crippen LogP contribution in [0, 0.1) is 11.3 Å². The van der Waals surface area contributed by atoms with E-state index in [2.05, 4.69) is 5.10 Å². The lowest BCUT2D eigenvalue weighted by Crippen LogP contribution is -2.25. The quantitative estimate of drug-likeness (QED) is 0.816. The summed E-state index contributed by atoms with van der Waals surface area (Å²) in [5, 5.41) is 12.9. The van der Waals surface area contributed by atoms with Crippen molar-refractivity contribution in [1.82, 2.24) is 9.78 Å². The van der Waals surface area contributed by atoms with Crippen LogP contribution in [0.1, 0.15) is 5.56 Å². The summed E-state index contributed by atoms with van der Waals surface area (Å²) in [6, 6.07) is 11.9. The first-order valence-corrected chi connectivity index (χ1v) is 5.98. The van der Waals surface area contributed by atoms with Crippen molar-refractivity contribution >= 4 is 0 Å². The van der Waals surface area contributed by atoms with Gasteiger partial charge in [-0.3, -0.25) is 4.79 Å². The molecule has 0 N–H and O–H groups in total. The zero-order chi connectivity index (χ0) is 14.4. The maximum Gasteiger partial charge on any atom is 0.267 e. The summed E-state index contributed by atoms with van der Waals surface area (Å²) in [6.45, 7) is 0.508. The second-order valence-corrected chi connectivity index (χ2v) is 3.89. The van der Waals surface area contributed by atoms with Crippen LogP contribution >= 0.6 is 0 Å². The van der Waals surface area contributed by atoms with Gasteiger partial charge in [-0.25, -0.2) is 4.68 Å². The summed E-state index contributed by atoms with van der Waals surface area (Å²) in [5.74, 6) is 0.855. The number of ether oxygens (including phenoxy) is 2. The van der Waals surface area contributed by atoms with Gasteiger partial charge in [0, 0.05) is 12.1 Å². The molecule has 2 rings (SSSR count). The first-order valence-electron chi connectivity index (χ1n) is 5.98. The van der Waals surface area contributed by atoms with Crippen LogP contribution in [0.2, 0.25) is 0 Å². The van der Waals surface area contributed by atoms with Gasteiger partial charge in [0.05, 0.1) is 19.2 Å². The molecule has 102 valence electrons. The van der Waals surface area contributed by atoms with Crippen molar-refractivity contribution in [3.8, 4) is 17.7 Å². The molecule has 0 aliphatic carbocycles. The number of hydrogen-bond acceptors (Lipinski definition) is 5. The van der Waals surface area contributed by atoms with E-state index in [0.717, 1.165) is 0 Å². The average Bonchev–Trinajstić information content (AvgIpc) is 2.49. The highest BCUT2D eigenvalue weighted by Gasteiger charge is 2.03. The highest BCUT2D eigenvalue weighted by Crippen LogP contribution is 2.16. The number of rotatable bonds is 5. The SMILES string of the molecule is COc1ccc(=O)n(CCOc2ccccc2C#N)n1. The second kappa shape index (κ2) is 6.38. The van der Waals surface area contributed by atoms with E-state index in [1.165, 1.54) is 23.9 Å². The molecule has 6 heteroatoms. The van der Waals surface area contributed by atoms with Gasteiger partial charge in [-0.2, -0.15) is 5.26 Å². The molecule has 0 atom stereocenters. The average molecular weight is 271 g/mol. The minimum atomic E-state index is -0.233. The molecule has 0 amide bonds. The Morgan fingerprint density at radius 3 is 2.85 bits per heavy atom. The van der Waals surface area contributed by atoms with Crippen molar-refractivity contribution in [2.75, 3.05) is 13.7 Å². The fraction of sp³-hybridized carbons (Fsp3) is 0.214. The van der Waals surface area contributed by atoms with Crippen LogP contribution in [-0.2, 0) is 6.54 Å². The molecule has 1 heterocycles. The summed E-state index contributed by atoms with van der Waals surface area (Å²) >= 11 is 0. The number of aromatic nitrogens is 2. The van der Waals surface area contributed by atoms with E-state index in [1.807, 2.05) is 6.07 Å². The number of nitriles is 1. The normalized spacial score (nSPS) is 9.80. The van der Waals surface area contributed by atoms with E-state index in [1.54, 1.807) is 24.3 Å². The van der Waals surface area contributed by atoms with Crippen molar-refractivity contribution < 1.29 is 9.47 Å². The van der Waals surface area contributed by atoms with Gasteiger partial charge >= 0.3 is 0 Å². The molecule has 6 nitrogen and oxygen atoms in total. The van der Waals surface area contributed by atoms with E-state index in [4.69, 9.17) is 14.7 Å². The largest absolute Gasteiger partial charge is 0.490 e. The molecular weight excluding hydrogens is 258 g/mol. The van der Waals surface area contributed by atoms with Crippen molar-refractivity contribution in [1.29, 1.82) is 5.26 Å². The molecule has 20 heavy (non-hydrogen) atoms. The van der Waals surface area contributed by atoms with Gasteiger partial charge in [0.1, 0.15) is 18.4 Å². The van der Waals surface area contributed by atoms with Crippen molar-refractivity contribution in [2.45, 2.75) is 6.54 Å². The van der Waals surface area contributed by atoms with Crippen LogP contribution < -0.4 is 15.0 Å². The Hall–Kier alpha value is -2.81. The number of hydrogen-bond donors (Lipinski definition) is 0. The number of methoxy groups -OCH3 is 1. The molecule has 0 fully saturated rings. The zero-order valence-electron chi connectivity index (χ0n) is 10.9. The van der Waals surface area contributed by atoms with E-state index in [9.17, 15) is 4.79 Å². The van der Waals surface area contributed by atoms with Crippen LogP contribution in [0.15, 0.2) is 41.2 Å². The first-order chi connectivity index (χ1) is 9.74. The first kappa shape index (κ1) is 13.6. The lowest BCUT2D eigenvalue weighted by atomic mass is 10.2. The Labute approximate surface area is 115 Å². The molecule has 0 spiro atoms. The summed E-state index contributed by atoms with van der Waals surface area (Å²) < 4.78 is 11.7. The second-order valence-electron chi connectivity index (χ2n) is 3.89. The van der Waals surface area contributed by atoms with Gasteiger partial charge in [-0.15, -0.1) is 5.10 Å². The van der Waals surface area contributed by atoms with Crippen LogP contribution in [0.3, 0.4) is 0 Å². The lowest BCUT2D eigenvalue weighted by Gasteiger charge is -2.09. The predicted octanol–water partition coefficient (Wildman–Crippen LogP) is 1.20. The molecule has 0 saturated carbocycles. The maximum atomic E-state index is 11.6. The number of para-hydroxylation sites is 1. The summed E-state index contributed by atoms with van der Waals surface area (Å²) in [4.78, 5) is 11.6. The van der Waals surface area contributed by atoms with Crippen molar-refractivity contribution in [3.05, 3.63) is 52.3 Å². The molecule has 0 bridgehead atoms. The van der Waals surface area contributed by atoms with Crippen LogP contribution in [0.5, 0.6) is 11.6 Å². The number of nitrogens with zero attached hydrogens (tertiary/aromatic N) is 3. The maximum absolute atomic E-state index is 11.6. The molecule has 1 aromatic carbocycles. The number of benzene rings is 1. The summed E-state index contributed by atoms with van der Waals surface area (Å²) in [5.41, 5.74) is 0.224. The van der Waals surface area contributed by atoms with E-state index in [0.29, 0.717) is 17.2 Å². The van der Waals surface area contributed by atoms with Crippen LogP contribution in [0.25, 0.3) is 0 Å². The van der Waals surface area contributed by atoms with Gasteiger partial charge in [-0.1, -0.05) is 12.1 Å². The molecule has 0 aliphatic heterocycles. The van der Waals surface area contributed by atoms with Gasteiger partial charge < -0.3 is 9.47 Å². The third kappa shape index (κ3) is 3.14. The van der Waals surface area contributed by atoms with Crippen LogP contribution in [0.4, 0.5) is 0 Å². The van der Waals surface area contributed by atoms with E-state index < -0.39 is 0 Å². The zero-order valence-corrected chi connectivity index (χ0v) is 10.9. The Morgan fingerprint density at radius 1 is 1.30 bits per heavy atom. The highest BCUT2D eigenvalue weighted by molar-refractivity contribution is 5.42. The summed E-state index contributed by atoms with van der Waals surface area (Å²) in [6.07, 6.45) is 0. The van der Waals surface area contributed by atoms with Crippen LogP contribution in [-0.4, -0.2) is 23.5 Å². The molecule has 0 aliphatic rings. The molecule has 0 radical (unpaired) electrons. The van der Waals surface area contributed by atoms with E-state index in [-0.39, 0.29) is 18.7 Å². The fourth-order valence-electron chi connectivity index (χ4n) is 1.63. The smallest absolute Gasteiger partial charge is 0.267 e. The molecular formula is C14H13N3O3.